The van der Waals surface area contributed by atoms with Crippen LogP contribution in [0.25, 0.3) is 0 Å². The number of rotatable bonds is 5. The van der Waals surface area contributed by atoms with E-state index in [9.17, 15) is 4.79 Å². The largest absolute Gasteiger partial charge is 0.368 e. The molecule has 3 rings (SSSR count). The maximum absolute atomic E-state index is 12.5. The minimum atomic E-state index is 0.149. The lowest BCUT2D eigenvalue weighted by molar-refractivity contribution is -0.139. The molecule has 122 valence electrons. The number of hydrogen-bond acceptors (Lipinski definition) is 3. The minimum Gasteiger partial charge on any atom is -0.368 e. The molecule has 0 aromatic carbocycles. The lowest BCUT2D eigenvalue weighted by Crippen LogP contribution is -2.41. The molecule has 0 unspecified atom stereocenters. The van der Waals surface area contributed by atoms with Crippen molar-refractivity contribution >= 4 is 5.91 Å². The highest BCUT2D eigenvalue weighted by Gasteiger charge is 2.30. The molecule has 1 saturated heterocycles. The zero-order valence-electron chi connectivity index (χ0n) is 13.8. The number of carbonyl (C=O) groups excluding carboxylic acids is 1. The average Bonchev–Trinajstić information content (AvgIpc) is 3.20. The van der Waals surface area contributed by atoms with Crippen molar-refractivity contribution in [2.45, 2.75) is 71.1 Å². The SMILES string of the molecule is Cc1cc(C)n(C[C@H]2CCCN2C(=O)COC2CCCC2)n1. The smallest absolute Gasteiger partial charge is 0.248 e. The van der Waals surface area contributed by atoms with Crippen LogP contribution in [-0.2, 0) is 16.1 Å². The Morgan fingerprint density at radius 3 is 2.73 bits per heavy atom. The van der Waals surface area contributed by atoms with Gasteiger partial charge in [0.15, 0.2) is 0 Å². The van der Waals surface area contributed by atoms with E-state index in [1.165, 1.54) is 18.5 Å². The van der Waals surface area contributed by atoms with Gasteiger partial charge in [0, 0.05) is 12.2 Å². The van der Waals surface area contributed by atoms with Gasteiger partial charge in [-0.3, -0.25) is 9.48 Å². The molecule has 22 heavy (non-hydrogen) atoms. The molecule has 1 aromatic rings. The van der Waals surface area contributed by atoms with Crippen molar-refractivity contribution in [3.8, 4) is 0 Å². The Hall–Kier alpha value is -1.36. The van der Waals surface area contributed by atoms with Crippen LogP contribution >= 0.6 is 0 Å². The lowest BCUT2D eigenvalue weighted by Gasteiger charge is -2.25. The molecule has 5 heteroatoms. The molecular formula is C17H27N3O2. The van der Waals surface area contributed by atoms with E-state index in [0.29, 0.717) is 6.10 Å². The molecule has 1 aliphatic heterocycles. The number of aromatic nitrogens is 2. The van der Waals surface area contributed by atoms with Crippen LogP contribution in [0.4, 0.5) is 0 Å². The summed E-state index contributed by atoms with van der Waals surface area (Å²) in [5.41, 5.74) is 2.21. The molecular weight excluding hydrogens is 278 g/mol. The van der Waals surface area contributed by atoms with Gasteiger partial charge in [0.25, 0.3) is 0 Å². The van der Waals surface area contributed by atoms with E-state index in [2.05, 4.69) is 18.1 Å². The van der Waals surface area contributed by atoms with Crippen molar-refractivity contribution in [2.75, 3.05) is 13.2 Å². The zero-order chi connectivity index (χ0) is 15.5. The molecule has 0 N–H and O–H groups in total. The fourth-order valence-corrected chi connectivity index (χ4v) is 3.74. The van der Waals surface area contributed by atoms with Gasteiger partial charge in [-0.2, -0.15) is 5.10 Å². The highest BCUT2D eigenvalue weighted by Crippen LogP contribution is 2.23. The van der Waals surface area contributed by atoms with Gasteiger partial charge in [-0.25, -0.2) is 0 Å². The molecule has 2 fully saturated rings. The Labute approximate surface area is 132 Å². The minimum absolute atomic E-state index is 0.149. The molecule has 0 bridgehead atoms. The van der Waals surface area contributed by atoms with Crippen LogP contribution in [0.2, 0.25) is 0 Å². The van der Waals surface area contributed by atoms with Crippen LogP contribution in [-0.4, -0.2) is 45.9 Å². The van der Waals surface area contributed by atoms with E-state index in [1.807, 2.05) is 16.5 Å². The second kappa shape index (κ2) is 6.82. The summed E-state index contributed by atoms with van der Waals surface area (Å²) in [5, 5.41) is 4.52. The highest BCUT2D eigenvalue weighted by atomic mass is 16.5. The zero-order valence-corrected chi connectivity index (χ0v) is 13.8. The highest BCUT2D eigenvalue weighted by molar-refractivity contribution is 5.78. The van der Waals surface area contributed by atoms with Crippen LogP contribution in [0, 0.1) is 13.8 Å². The monoisotopic (exact) mass is 305 g/mol. The Bertz CT molecular complexity index is 520. The summed E-state index contributed by atoms with van der Waals surface area (Å²) in [6.07, 6.45) is 7.16. The first-order valence-corrected chi connectivity index (χ1v) is 8.55. The van der Waals surface area contributed by atoms with E-state index in [1.54, 1.807) is 0 Å². The van der Waals surface area contributed by atoms with Gasteiger partial charge >= 0.3 is 0 Å². The predicted octanol–water partition coefficient (Wildman–Crippen LogP) is 2.45. The van der Waals surface area contributed by atoms with Crippen molar-refractivity contribution < 1.29 is 9.53 Å². The second-order valence-electron chi connectivity index (χ2n) is 6.71. The number of nitrogens with zero attached hydrogens (tertiary/aromatic N) is 3. The van der Waals surface area contributed by atoms with E-state index in [4.69, 9.17) is 4.74 Å². The number of amides is 1. The third-order valence-electron chi connectivity index (χ3n) is 4.93. The van der Waals surface area contributed by atoms with Crippen LogP contribution in [0.5, 0.6) is 0 Å². The topological polar surface area (TPSA) is 47.4 Å². The first kappa shape index (κ1) is 15.5. The van der Waals surface area contributed by atoms with Gasteiger partial charge in [-0.05, 0) is 45.6 Å². The maximum Gasteiger partial charge on any atom is 0.248 e. The molecule has 1 aromatic heterocycles. The standard InChI is InChI=1S/C17H27N3O2/c1-13-10-14(2)20(18-13)11-15-6-5-9-19(15)17(21)12-22-16-7-3-4-8-16/h10,15-16H,3-9,11-12H2,1-2H3/t15-/m1/s1. The van der Waals surface area contributed by atoms with E-state index >= 15 is 0 Å². The number of likely N-dealkylation sites (tertiary alicyclic amines) is 1. The summed E-state index contributed by atoms with van der Waals surface area (Å²) >= 11 is 0. The fourth-order valence-electron chi connectivity index (χ4n) is 3.74. The maximum atomic E-state index is 12.5. The van der Waals surface area contributed by atoms with Crippen LogP contribution in [0.1, 0.15) is 49.9 Å². The van der Waals surface area contributed by atoms with Gasteiger partial charge in [0.2, 0.25) is 5.91 Å². The summed E-state index contributed by atoms with van der Waals surface area (Å²) in [7, 11) is 0. The van der Waals surface area contributed by atoms with Crippen molar-refractivity contribution in [1.82, 2.24) is 14.7 Å². The van der Waals surface area contributed by atoms with Crippen molar-refractivity contribution in [3.05, 3.63) is 17.5 Å². The number of ether oxygens (including phenoxy) is 1. The Balaban J connectivity index is 1.55. The molecule has 0 spiro atoms. The van der Waals surface area contributed by atoms with E-state index in [0.717, 1.165) is 44.5 Å². The van der Waals surface area contributed by atoms with Crippen molar-refractivity contribution in [1.29, 1.82) is 0 Å². The van der Waals surface area contributed by atoms with E-state index in [-0.39, 0.29) is 18.6 Å². The van der Waals surface area contributed by atoms with Crippen LogP contribution in [0.3, 0.4) is 0 Å². The van der Waals surface area contributed by atoms with E-state index < -0.39 is 0 Å². The summed E-state index contributed by atoms with van der Waals surface area (Å²) in [6.45, 7) is 5.99. The third kappa shape index (κ3) is 3.51. The summed E-state index contributed by atoms with van der Waals surface area (Å²) in [5.74, 6) is 0.149. The van der Waals surface area contributed by atoms with Crippen molar-refractivity contribution in [3.63, 3.8) is 0 Å². The summed E-state index contributed by atoms with van der Waals surface area (Å²) < 4.78 is 7.82. The summed E-state index contributed by atoms with van der Waals surface area (Å²) in [6, 6.07) is 2.35. The summed E-state index contributed by atoms with van der Waals surface area (Å²) in [4.78, 5) is 14.5. The van der Waals surface area contributed by atoms with Gasteiger partial charge in [0.05, 0.1) is 24.4 Å². The Morgan fingerprint density at radius 2 is 2.05 bits per heavy atom. The fraction of sp³-hybridized carbons (Fsp3) is 0.765. The number of carbonyl (C=O) groups is 1. The quantitative estimate of drug-likeness (QED) is 0.839. The molecule has 1 aliphatic carbocycles. The van der Waals surface area contributed by atoms with Crippen LogP contribution < -0.4 is 0 Å². The molecule has 1 amide bonds. The average molecular weight is 305 g/mol. The molecule has 1 atom stereocenters. The Kier molecular flexibility index (Phi) is 4.81. The number of aryl methyl sites for hydroxylation is 2. The molecule has 5 nitrogen and oxygen atoms in total. The molecule has 0 radical (unpaired) electrons. The van der Waals surface area contributed by atoms with Crippen molar-refractivity contribution in [2.24, 2.45) is 0 Å². The molecule has 2 aliphatic rings. The second-order valence-corrected chi connectivity index (χ2v) is 6.71. The first-order chi connectivity index (χ1) is 10.6. The third-order valence-corrected chi connectivity index (χ3v) is 4.93. The van der Waals surface area contributed by atoms with Gasteiger partial charge in [-0.15, -0.1) is 0 Å². The normalized spacial score (nSPS) is 22.6. The lowest BCUT2D eigenvalue weighted by atomic mass is 10.2. The Morgan fingerprint density at radius 1 is 1.27 bits per heavy atom. The molecule has 1 saturated carbocycles. The predicted molar refractivity (Wildman–Crippen MR) is 84.6 cm³/mol. The van der Waals surface area contributed by atoms with Gasteiger partial charge in [-0.1, -0.05) is 12.8 Å². The van der Waals surface area contributed by atoms with Crippen LogP contribution in [0.15, 0.2) is 6.07 Å². The van der Waals surface area contributed by atoms with Gasteiger partial charge in [0.1, 0.15) is 6.61 Å². The molecule has 2 heterocycles. The van der Waals surface area contributed by atoms with Gasteiger partial charge < -0.3 is 9.64 Å². The first-order valence-electron chi connectivity index (χ1n) is 8.55. The number of hydrogen-bond donors (Lipinski definition) is 0.